The molecule has 7 nitrogen and oxygen atoms in total. The van der Waals surface area contributed by atoms with E-state index in [1.165, 1.54) is 11.3 Å². The smallest absolute Gasteiger partial charge is 0.258 e. The molecular weight excluding hydrogens is 456 g/mol. The van der Waals surface area contributed by atoms with Crippen molar-refractivity contribution in [2.75, 3.05) is 5.32 Å². The minimum absolute atomic E-state index is 0.105. The number of nitrogens with zero attached hydrogens (tertiary/aromatic N) is 2. The second-order valence-corrected chi connectivity index (χ2v) is 7.76. The van der Waals surface area contributed by atoms with E-state index in [4.69, 9.17) is 10.3 Å². The van der Waals surface area contributed by atoms with Gasteiger partial charge in [0.25, 0.3) is 5.91 Å². The van der Waals surface area contributed by atoms with Crippen LogP contribution in [0.3, 0.4) is 0 Å². The van der Waals surface area contributed by atoms with Crippen molar-refractivity contribution in [2.45, 2.75) is 0 Å². The fraction of sp³-hybridized carbons (Fsp3) is 0. The van der Waals surface area contributed by atoms with E-state index >= 15 is 0 Å². The Bertz CT molecular complexity index is 1200. The number of carbonyl (C=O) groups excluding carboxylic acids is 2. The zero-order valence-corrected chi connectivity index (χ0v) is 17.2. The predicted octanol–water partition coefficient (Wildman–Crippen LogP) is 4.58. The summed E-state index contributed by atoms with van der Waals surface area (Å²) in [6.07, 6.45) is 1.64. The van der Waals surface area contributed by atoms with Crippen LogP contribution in [0.1, 0.15) is 20.7 Å². The zero-order valence-electron chi connectivity index (χ0n) is 14.8. The molecule has 0 unspecified atom stereocenters. The minimum Gasteiger partial charge on any atom is -0.366 e. The van der Waals surface area contributed by atoms with E-state index < -0.39 is 5.91 Å². The number of halogens is 1. The topological polar surface area (TPSA) is 111 Å². The van der Waals surface area contributed by atoms with Crippen molar-refractivity contribution in [3.05, 3.63) is 75.7 Å². The van der Waals surface area contributed by atoms with Crippen LogP contribution in [0.15, 0.2) is 69.1 Å². The highest BCUT2D eigenvalue weighted by molar-refractivity contribution is 9.10. The highest BCUT2D eigenvalue weighted by Gasteiger charge is 2.25. The summed E-state index contributed by atoms with van der Waals surface area (Å²) < 4.78 is 6.22. The number of benzene rings is 2. The summed E-state index contributed by atoms with van der Waals surface area (Å²) in [6, 6.07) is 13.7. The number of nitrogens with one attached hydrogen (secondary N) is 1. The molecule has 144 valence electrons. The third kappa shape index (κ3) is 3.82. The Labute approximate surface area is 177 Å². The molecule has 2 aromatic heterocycles. The van der Waals surface area contributed by atoms with Crippen molar-refractivity contribution >= 4 is 45.0 Å². The van der Waals surface area contributed by atoms with Gasteiger partial charge in [0.05, 0.1) is 5.56 Å². The third-order valence-corrected chi connectivity index (χ3v) is 5.38. The van der Waals surface area contributed by atoms with E-state index in [0.717, 1.165) is 4.47 Å². The molecule has 3 N–H and O–H groups in total. The van der Waals surface area contributed by atoms with Gasteiger partial charge in [-0.2, -0.15) is 0 Å². The van der Waals surface area contributed by atoms with Gasteiger partial charge in [-0.05, 0) is 24.3 Å². The number of rotatable bonds is 5. The number of primary amides is 1. The summed E-state index contributed by atoms with van der Waals surface area (Å²) >= 11 is 4.71. The van der Waals surface area contributed by atoms with Gasteiger partial charge in [0, 0.05) is 32.7 Å². The summed E-state index contributed by atoms with van der Waals surface area (Å²) in [4.78, 5) is 29.0. The van der Waals surface area contributed by atoms with E-state index in [1.54, 1.807) is 54.0 Å². The average Bonchev–Trinajstić information content (AvgIpc) is 3.37. The predicted molar refractivity (Wildman–Crippen MR) is 114 cm³/mol. The van der Waals surface area contributed by atoms with Crippen LogP contribution >= 0.6 is 27.3 Å². The summed E-state index contributed by atoms with van der Waals surface area (Å²) in [5, 5.41) is 9.22. The number of hydrogen-bond donors (Lipinski definition) is 2. The van der Waals surface area contributed by atoms with E-state index in [2.05, 4.69) is 31.4 Å². The molecule has 0 fully saturated rings. The van der Waals surface area contributed by atoms with Gasteiger partial charge in [-0.1, -0.05) is 45.4 Å². The largest absolute Gasteiger partial charge is 0.366 e. The summed E-state index contributed by atoms with van der Waals surface area (Å²) in [6.45, 7) is 0. The molecule has 0 spiro atoms. The maximum atomic E-state index is 12.7. The highest BCUT2D eigenvalue weighted by atomic mass is 79.9. The Morgan fingerprint density at radius 3 is 2.69 bits per heavy atom. The van der Waals surface area contributed by atoms with Gasteiger partial charge in [-0.15, -0.1) is 11.3 Å². The fourth-order valence-corrected chi connectivity index (χ4v) is 3.86. The van der Waals surface area contributed by atoms with Crippen LogP contribution in [0.4, 0.5) is 5.88 Å². The van der Waals surface area contributed by atoms with Crippen LogP contribution < -0.4 is 11.1 Å². The van der Waals surface area contributed by atoms with Crippen molar-refractivity contribution < 1.29 is 14.1 Å². The monoisotopic (exact) mass is 468 g/mol. The lowest BCUT2D eigenvalue weighted by Crippen LogP contribution is -2.14. The number of thiazole rings is 1. The number of hydrogen-bond acceptors (Lipinski definition) is 6. The Morgan fingerprint density at radius 1 is 1.14 bits per heavy atom. The van der Waals surface area contributed by atoms with Gasteiger partial charge in [0.1, 0.15) is 5.01 Å². The van der Waals surface area contributed by atoms with Gasteiger partial charge >= 0.3 is 0 Å². The molecule has 2 aromatic carbocycles. The molecule has 2 amide bonds. The molecule has 0 aliphatic rings. The maximum absolute atomic E-state index is 12.7. The first-order valence-electron chi connectivity index (χ1n) is 8.40. The third-order valence-electron chi connectivity index (χ3n) is 4.10. The Hall–Kier alpha value is -3.30. The summed E-state index contributed by atoms with van der Waals surface area (Å²) in [5.74, 6) is -0.879. The molecule has 0 aliphatic heterocycles. The van der Waals surface area contributed by atoms with Gasteiger partial charge in [0.15, 0.2) is 5.69 Å². The van der Waals surface area contributed by atoms with Crippen LogP contribution in [0.25, 0.3) is 21.8 Å². The Kier molecular flexibility index (Phi) is 5.24. The van der Waals surface area contributed by atoms with Crippen LogP contribution in [0.5, 0.6) is 0 Å². The summed E-state index contributed by atoms with van der Waals surface area (Å²) in [5.41, 5.74) is 7.62. The Morgan fingerprint density at radius 2 is 1.97 bits per heavy atom. The van der Waals surface area contributed by atoms with Gasteiger partial charge in [0.2, 0.25) is 11.8 Å². The first-order chi connectivity index (χ1) is 14.0. The lowest BCUT2D eigenvalue weighted by Gasteiger charge is -2.09. The van der Waals surface area contributed by atoms with Gasteiger partial charge in [-0.3, -0.25) is 14.9 Å². The van der Waals surface area contributed by atoms with Crippen molar-refractivity contribution in [3.8, 4) is 21.8 Å². The van der Waals surface area contributed by atoms with Crippen LogP contribution in [0, 0.1) is 0 Å². The van der Waals surface area contributed by atoms with Crippen molar-refractivity contribution in [2.24, 2.45) is 5.73 Å². The molecule has 0 saturated carbocycles. The molecular formula is C20H13BrN4O3S. The molecule has 29 heavy (non-hydrogen) atoms. The number of nitrogens with two attached hydrogens (primary N) is 1. The standard InChI is InChI=1S/C20H13BrN4O3S/c21-12-5-3-4-11(10-12)18(27)24-19-15(13-6-1-2-7-14(13)17(22)26)16(25-28-19)20-23-8-9-29-20/h1-10H,(H2,22,26)(H,24,27). The SMILES string of the molecule is NC(=O)c1ccccc1-c1c(-c2nccs2)noc1NC(=O)c1cccc(Br)c1. The lowest BCUT2D eigenvalue weighted by atomic mass is 9.99. The number of carbonyl (C=O) groups is 2. The first kappa shape index (κ1) is 19.0. The normalized spacial score (nSPS) is 10.7. The molecule has 0 atom stereocenters. The average molecular weight is 469 g/mol. The van der Waals surface area contributed by atoms with Crippen LogP contribution in [-0.2, 0) is 0 Å². The molecule has 0 radical (unpaired) electrons. The molecule has 0 saturated heterocycles. The van der Waals surface area contributed by atoms with Crippen molar-refractivity contribution in [1.29, 1.82) is 0 Å². The van der Waals surface area contributed by atoms with Crippen LogP contribution in [-0.4, -0.2) is 22.0 Å². The second kappa shape index (κ2) is 7.98. The van der Waals surface area contributed by atoms with Gasteiger partial charge in [-0.25, -0.2) is 4.98 Å². The Balaban J connectivity index is 1.84. The van der Waals surface area contributed by atoms with Crippen molar-refractivity contribution in [1.82, 2.24) is 10.1 Å². The number of amides is 2. The van der Waals surface area contributed by atoms with E-state index in [0.29, 0.717) is 27.4 Å². The fourth-order valence-electron chi connectivity index (χ4n) is 2.83. The molecule has 9 heteroatoms. The van der Waals surface area contributed by atoms with Crippen LogP contribution in [0.2, 0.25) is 0 Å². The molecule has 4 aromatic rings. The summed E-state index contributed by atoms with van der Waals surface area (Å²) in [7, 11) is 0. The molecule has 2 heterocycles. The van der Waals surface area contributed by atoms with Gasteiger partial charge < -0.3 is 10.3 Å². The van der Waals surface area contributed by atoms with E-state index in [9.17, 15) is 9.59 Å². The quantitative estimate of drug-likeness (QED) is 0.445. The van der Waals surface area contributed by atoms with Crippen molar-refractivity contribution in [3.63, 3.8) is 0 Å². The maximum Gasteiger partial charge on any atom is 0.258 e. The highest BCUT2D eigenvalue weighted by Crippen LogP contribution is 2.40. The minimum atomic E-state index is -0.601. The molecule has 0 aliphatic carbocycles. The molecule has 0 bridgehead atoms. The number of anilines is 1. The second-order valence-electron chi connectivity index (χ2n) is 5.95. The van der Waals surface area contributed by atoms with E-state index in [-0.39, 0.29) is 17.4 Å². The first-order valence-corrected chi connectivity index (χ1v) is 10.1. The number of aromatic nitrogens is 2. The zero-order chi connectivity index (χ0) is 20.4. The molecule has 4 rings (SSSR count). The lowest BCUT2D eigenvalue weighted by molar-refractivity contribution is 0.0998. The van der Waals surface area contributed by atoms with E-state index in [1.807, 2.05) is 6.07 Å².